The molecular weight excluding hydrogens is 553 g/mol. The van der Waals surface area contributed by atoms with Crippen LogP contribution < -0.4 is 10.5 Å². The molecule has 1 aliphatic rings. The van der Waals surface area contributed by atoms with Crippen molar-refractivity contribution in [1.29, 1.82) is 0 Å². The molecule has 1 saturated heterocycles. The van der Waals surface area contributed by atoms with Gasteiger partial charge in [-0.25, -0.2) is 0 Å². The maximum absolute atomic E-state index is 14.5. The van der Waals surface area contributed by atoms with Crippen LogP contribution >= 0.6 is 0 Å². The molecule has 0 spiro atoms. The number of nitrogens with two attached hydrogens (primary N) is 1. The Labute approximate surface area is 252 Å². The minimum Gasteiger partial charge on any atom is -0.492 e. The minimum absolute atomic E-state index is 0.00452. The maximum atomic E-state index is 14.5. The number of hydrogen-bond donors (Lipinski definition) is 1. The average molecular weight is 595 g/mol. The highest BCUT2D eigenvalue weighted by Gasteiger charge is 2.36. The van der Waals surface area contributed by atoms with Gasteiger partial charge in [-0.15, -0.1) is 0 Å². The summed E-state index contributed by atoms with van der Waals surface area (Å²) in [6, 6.07) is 17.7. The van der Waals surface area contributed by atoms with Crippen molar-refractivity contribution in [1.82, 2.24) is 4.90 Å². The third-order valence-corrected chi connectivity index (χ3v) is 7.48. The van der Waals surface area contributed by atoms with Gasteiger partial charge in [0.1, 0.15) is 24.0 Å². The van der Waals surface area contributed by atoms with Gasteiger partial charge < -0.3 is 15.2 Å². The Morgan fingerprint density at radius 1 is 1.00 bits per heavy atom. The number of benzene rings is 3. The molecule has 230 valence electrons. The van der Waals surface area contributed by atoms with Crippen LogP contribution in [0.3, 0.4) is 0 Å². The van der Waals surface area contributed by atoms with Crippen LogP contribution in [0.2, 0.25) is 0 Å². The molecule has 3 aromatic carbocycles. The number of esters is 1. The van der Waals surface area contributed by atoms with Gasteiger partial charge in [0.2, 0.25) is 0 Å². The monoisotopic (exact) mass is 594 g/mol. The molecule has 1 fully saturated rings. The molecule has 0 aromatic heterocycles. The lowest BCUT2D eigenvalue weighted by Crippen LogP contribution is -2.46. The minimum atomic E-state index is -4.60. The summed E-state index contributed by atoms with van der Waals surface area (Å²) < 4.78 is 55.0. The summed E-state index contributed by atoms with van der Waals surface area (Å²) in [5.74, 6) is -0.0401. The lowest BCUT2D eigenvalue weighted by Gasteiger charge is -2.36. The Morgan fingerprint density at radius 3 is 2.40 bits per heavy atom. The van der Waals surface area contributed by atoms with E-state index in [1.165, 1.54) is 12.1 Å². The van der Waals surface area contributed by atoms with Gasteiger partial charge in [0.05, 0.1) is 5.56 Å². The van der Waals surface area contributed by atoms with Gasteiger partial charge >= 0.3 is 12.1 Å². The lowest BCUT2D eigenvalue weighted by molar-refractivity contribution is -0.163. The highest BCUT2D eigenvalue weighted by Crippen LogP contribution is 2.38. The van der Waals surface area contributed by atoms with E-state index >= 15 is 0 Å². The van der Waals surface area contributed by atoms with Gasteiger partial charge in [-0.2, -0.15) is 13.2 Å². The van der Waals surface area contributed by atoms with Crippen molar-refractivity contribution in [2.75, 3.05) is 19.7 Å². The van der Waals surface area contributed by atoms with E-state index in [2.05, 4.69) is 0 Å². The van der Waals surface area contributed by atoms with Gasteiger partial charge in [0.25, 0.3) is 0 Å². The Morgan fingerprint density at radius 2 is 1.72 bits per heavy atom. The first-order valence-electron chi connectivity index (χ1n) is 14.7. The molecule has 2 N–H and O–H groups in total. The van der Waals surface area contributed by atoms with Crippen molar-refractivity contribution in [2.45, 2.75) is 71.3 Å². The first-order valence-corrected chi connectivity index (χ1v) is 14.7. The van der Waals surface area contributed by atoms with Crippen LogP contribution in [0.15, 0.2) is 60.7 Å². The van der Waals surface area contributed by atoms with Gasteiger partial charge in [-0.05, 0) is 87.0 Å². The molecule has 5 nitrogen and oxygen atoms in total. The third kappa shape index (κ3) is 8.48. The Kier molecular flexibility index (Phi) is 10.4. The van der Waals surface area contributed by atoms with E-state index < -0.39 is 23.4 Å². The predicted octanol–water partition coefficient (Wildman–Crippen LogP) is 7.88. The number of carbonyl (C=O) groups is 1. The maximum Gasteiger partial charge on any atom is 0.417 e. The summed E-state index contributed by atoms with van der Waals surface area (Å²) in [5, 5.41) is 0. The van der Waals surface area contributed by atoms with E-state index in [9.17, 15) is 18.0 Å². The molecule has 0 amide bonds. The van der Waals surface area contributed by atoms with Crippen molar-refractivity contribution < 1.29 is 27.4 Å². The number of likely N-dealkylation sites (tertiary alicyclic amines) is 1. The topological polar surface area (TPSA) is 64.8 Å². The van der Waals surface area contributed by atoms with Gasteiger partial charge in [-0.3, -0.25) is 9.69 Å². The molecule has 0 bridgehead atoms. The fourth-order valence-electron chi connectivity index (χ4n) is 5.43. The van der Waals surface area contributed by atoms with E-state index in [0.717, 1.165) is 41.2 Å². The summed E-state index contributed by atoms with van der Waals surface area (Å²) >= 11 is 0. The second kappa shape index (κ2) is 13.8. The summed E-state index contributed by atoms with van der Waals surface area (Å²) in [6.45, 7) is 8.42. The molecule has 3 aromatic rings. The van der Waals surface area contributed by atoms with Crippen LogP contribution in [0.25, 0.3) is 23.3 Å². The van der Waals surface area contributed by atoms with Gasteiger partial charge in [-0.1, -0.05) is 67.1 Å². The normalized spacial score (nSPS) is 16.4. The Balaban J connectivity index is 1.72. The summed E-state index contributed by atoms with van der Waals surface area (Å²) in [6.07, 6.45) is 0.869. The highest BCUT2D eigenvalue weighted by atomic mass is 19.4. The molecule has 0 aliphatic carbocycles. The zero-order valence-electron chi connectivity index (χ0n) is 25.3. The first-order chi connectivity index (χ1) is 20.4. The van der Waals surface area contributed by atoms with Crippen LogP contribution in [0.4, 0.5) is 13.2 Å². The largest absolute Gasteiger partial charge is 0.492 e. The van der Waals surface area contributed by atoms with E-state index in [1.807, 2.05) is 60.4 Å². The van der Waals surface area contributed by atoms with E-state index in [0.29, 0.717) is 24.3 Å². The van der Waals surface area contributed by atoms with Crippen LogP contribution in [0, 0.1) is 6.92 Å². The highest BCUT2D eigenvalue weighted by molar-refractivity contribution is 5.79. The molecule has 43 heavy (non-hydrogen) atoms. The summed E-state index contributed by atoms with van der Waals surface area (Å²) in [5.41, 5.74) is 8.46. The Bertz CT molecular complexity index is 1430. The average Bonchev–Trinajstić information content (AvgIpc) is 2.95. The number of nitrogens with zero attached hydrogens (tertiary/aromatic N) is 1. The molecule has 8 heteroatoms. The molecule has 0 radical (unpaired) electrons. The number of ether oxygens (including phenoxy) is 2. The van der Waals surface area contributed by atoms with E-state index in [1.54, 1.807) is 26.8 Å². The van der Waals surface area contributed by atoms with Crippen LogP contribution in [-0.2, 0) is 22.3 Å². The lowest BCUT2D eigenvalue weighted by atomic mass is 9.95. The van der Waals surface area contributed by atoms with E-state index in [-0.39, 0.29) is 31.2 Å². The second-order valence-corrected chi connectivity index (χ2v) is 11.9. The standard InChI is InChI=1S/C35H41F3N2O3/c1-24-25(13-10-14-29(24)26-11-6-5-7-12-26)16-17-27-22-32(42-20-18-39)28(21-30(27)35(36,37)38)23-40-19-9-8-15-31(40)33(41)43-34(2,3)4/h5-7,10-14,16-17,21-22,31H,8-9,15,18-20,23,39H2,1-4H3/b17-16+/t31-/m0/s1. The van der Waals surface area contributed by atoms with Crippen LogP contribution in [-0.4, -0.2) is 42.2 Å². The summed E-state index contributed by atoms with van der Waals surface area (Å²) in [4.78, 5) is 14.9. The molecule has 0 unspecified atom stereocenters. The molecule has 1 atom stereocenters. The summed E-state index contributed by atoms with van der Waals surface area (Å²) in [7, 11) is 0. The van der Waals surface area contributed by atoms with Crippen molar-refractivity contribution in [3.63, 3.8) is 0 Å². The fourth-order valence-corrected chi connectivity index (χ4v) is 5.43. The van der Waals surface area contributed by atoms with Crippen LogP contribution in [0.5, 0.6) is 5.75 Å². The Hall–Kier alpha value is -3.62. The van der Waals surface area contributed by atoms with Crippen LogP contribution in [0.1, 0.15) is 67.9 Å². The number of alkyl halides is 3. The predicted molar refractivity (Wildman–Crippen MR) is 165 cm³/mol. The number of piperidine rings is 1. The fraction of sp³-hybridized carbons (Fsp3) is 0.400. The number of hydrogen-bond acceptors (Lipinski definition) is 5. The molecule has 1 heterocycles. The SMILES string of the molecule is Cc1c(/C=C/c2cc(OCCN)c(CN3CCCC[C@H]3C(=O)OC(C)(C)C)cc2C(F)(F)F)cccc1-c1ccccc1. The molecule has 4 rings (SSSR count). The van der Waals surface area contributed by atoms with Gasteiger partial charge in [0.15, 0.2) is 0 Å². The van der Waals surface area contributed by atoms with Gasteiger partial charge in [0, 0.05) is 18.7 Å². The molecule has 1 aliphatic heterocycles. The third-order valence-electron chi connectivity index (χ3n) is 7.48. The van der Waals surface area contributed by atoms with Crippen molar-refractivity contribution in [3.05, 3.63) is 88.5 Å². The zero-order valence-corrected chi connectivity index (χ0v) is 25.3. The number of halogens is 3. The quantitative estimate of drug-likeness (QED) is 0.202. The number of carbonyl (C=O) groups excluding carboxylic acids is 1. The van der Waals surface area contributed by atoms with Crippen molar-refractivity contribution >= 4 is 18.1 Å². The molecular formula is C35H41F3N2O3. The second-order valence-electron chi connectivity index (χ2n) is 11.9. The van der Waals surface area contributed by atoms with Crippen molar-refractivity contribution in [2.24, 2.45) is 5.73 Å². The van der Waals surface area contributed by atoms with Crippen molar-refractivity contribution in [3.8, 4) is 16.9 Å². The zero-order chi connectivity index (χ0) is 31.2. The molecule has 0 saturated carbocycles. The smallest absolute Gasteiger partial charge is 0.417 e. The van der Waals surface area contributed by atoms with E-state index in [4.69, 9.17) is 15.2 Å². The first kappa shape index (κ1) is 32.3. The number of rotatable bonds is 9.